The Morgan fingerprint density at radius 2 is 1.87 bits per heavy atom. The zero-order valence-corrected chi connectivity index (χ0v) is 20.0. The Morgan fingerprint density at radius 1 is 1.26 bits per heavy atom. The summed E-state index contributed by atoms with van der Waals surface area (Å²) in [5, 5.41) is 6.85. The number of aromatic nitrogens is 2. The van der Waals surface area contributed by atoms with Crippen LogP contribution in [0.3, 0.4) is 0 Å². The van der Waals surface area contributed by atoms with Gasteiger partial charge in [-0.3, -0.25) is 9.48 Å². The molecule has 2 aromatic rings. The highest BCUT2D eigenvalue weighted by Gasteiger charge is 2.26. The molecule has 1 unspecified atom stereocenters. The second-order valence-electron chi connectivity index (χ2n) is 6.94. The molecule has 0 bridgehead atoms. The Morgan fingerprint density at radius 3 is 2.39 bits per heavy atom. The molecule has 0 saturated heterocycles. The van der Waals surface area contributed by atoms with E-state index in [0.29, 0.717) is 30.0 Å². The highest BCUT2D eigenvalue weighted by molar-refractivity contribution is 7.89. The molecule has 1 amide bonds. The van der Waals surface area contributed by atoms with Crippen molar-refractivity contribution >= 4 is 39.2 Å². The van der Waals surface area contributed by atoms with E-state index in [1.54, 1.807) is 39.4 Å². The Hall–Kier alpha value is -2.43. The van der Waals surface area contributed by atoms with Crippen LogP contribution in [0.1, 0.15) is 42.5 Å². The number of carbonyl (C=O) groups excluding carboxylic acids is 2. The van der Waals surface area contributed by atoms with E-state index in [-0.39, 0.29) is 15.6 Å². The fourth-order valence-electron chi connectivity index (χ4n) is 3.05. The van der Waals surface area contributed by atoms with Gasteiger partial charge in [-0.15, -0.1) is 0 Å². The standard InChI is InChI=1S/C20H27ClN4O5S/c1-7-25(8-2)31(28,29)15-9-10-16(21)17(11-15)22-19(26)14(5)30-20(27)18-12(3)23-24(6)13(18)4/h9-11,14H,7-8H2,1-6H3,(H,22,26). The zero-order valence-electron chi connectivity index (χ0n) is 18.4. The smallest absolute Gasteiger partial charge is 0.342 e. The van der Waals surface area contributed by atoms with Gasteiger partial charge in [0, 0.05) is 25.8 Å². The van der Waals surface area contributed by atoms with E-state index in [1.165, 1.54) is 29.4 Å². The maximum absolute atomic E-state index is 12.7. The molecular weight excluding hydrogens is 444 g/mol. The van der Waals surface area contributed by atoms with E-state index in [2.05, 4.69) is 10.4 Å². The summed E-state index contributed by atoms with van der Waals surface area (Å²) >= 11 is 6.15. The number of sulfonamides is 1. The summed E-state index contributed by atoms with van der Waals surface area (Å²) in [5.41, 5.74) is 1.52. The topological polar surface area (TPSA) is 111 Å². The molecule has 1 aromatic heterocycles. The number of ether oxygens (including phenoxy) is 1. The number of benzene rings is 1. The van der Waals surface area contributed by atoms with Crippen molar-refractivity contribution in [1.29, 1.82) is 0 Å². The molecule has 170 valence electrons. The Kier molecular flexibility index (Phi) is 7.85. The molecule has 0 spiro atoms. The molecule has 1 N–H and O–H groups in total. The molecule has 31 heavy (non-hydrogen) atoms. The van der Waals surface area contributed by atoms with E-state index in [4.69, 9.17) is 16.3 Å². The number of nitrogens with one attached hydrogen (secondary N) is 1. The van der Waals surface area contributed by atoms with Crippen LogP contribution in [0.25, 0.3) is 0 Å². The lowest BCUT2D eigenvalue weighted by Gasteiger charge is -2.19. The summed E-state index contributed by atoms with van der Waals surface area (Å²) < 4.78 is 33.6. The van der Waals surface area contributed by atoms with Gasteiger partial charge in [-0.2, -0.15) is 9.40 Å². The molecule has 11 heteroatoms. The van der Waals surface area contributed by atoms with Crippen LogP contribution in [0.2, 0.25) is 5.02 Å². The van der Waals surface area contributed by atoms with Crippen molar-refractivity contribution in [3.8, 4) is 0 Å². The maximum atomic E-state index is 12.7. The molecule has 0 saturated carbocycles. The second-order valence-corrected chi connectivity index (χ2v) is 9.28. The lowest BCUT2D eigenvalue weighted by molar-refractivity contribution is -0.123. The van der Waals surface area contributed by atoms with Crippen LogP contribution in [-0.2, 0) is 26.6 Å². The Balaban J connectivity index is 2.20. The van der Waals surface area contributed by atoms with Gasteiger partial charge in [0.05, 0.1) is 21.3 Å². The molecule has 9 nitrogen and oxygen atoms in total. The highest BCUT2D eigenvalue weighted by Crippen LogP contribution is 2.27. The number of anilines is 1. The first-order valence-electron chi connectivity index (χ1n) is 9.75. The van der Waals surface area contributed by atoms with Crippen molar-refractivity contribution in [2.75, 3.05) is 18.4 Å². The van der Waals surface area contributed by atoms with E-state index in [9.17, 15) is 18.0 Å². The van der Waals surface area contributed by atoms with E-state index >= 15 is 0 Å². The third kappa shape index (κ3) is 5.25. The van der Waals surface area contributed by atoms with Crippen molar-refractivity contribution in [3.63, 3.8) is 0 Å². The van der Waals surface area contributed by atoms with Crippen LogP contribution in [0.5, 0.6) is 0 Å². The van der Waals surface area contributed by atoms with Gasteiger partial charge in [-0.05, 0) is 39.0 Å². The normalized spacial score (nSPS) is 12.6. The van der Waals surface area contributed by atoms with Crippen molar-refractivity contribution in [2.45, 2.75) is 45.6 Å². The summed E-state index contributed by atoms with van der Waals surface area (Å²) in [6.07, 6.45) is -1.15. The molecule has 0 fully saturated rings. The van der Waals surface area contributed by atoms with Gasteiger partial charge in [-0.1, -0.05) is 25.4 Å². The van der Waals surface area contributed by atoms with Crippen molar-refractivity contribution in [1.82, 2.24) is 14.1 Å². The predicted octanol–water partition coefficient (Wildman–Crippen LogP) is 2.90. The number of halogens is 1. The van der Waals surface area contributed by atoms with E-state index in [1.807, 2.05) is 0 Å². The third-order valence-electron chi connectivity index (χ3n) is 4.91. The van der Waals surface area contributed by atoms with Crippen LogP contribution < -0.4 is 5.32 Å². The Labute approximate surface area is 187 Å². The average Bonchev–Trinajstić information content (AvgIpc) is 2.95. The van der Waals surface area contributed by atoms with Gasteiger partial charge in [-0.25, -0.2) is 13.2 Å². The van der Waals surface area contributed by atoms with Gasteiger partial charge in [0.2, 0.25) is 10.0 Å². The van der Waals surface area contributed by atoms with Crippen LogP contribution in [0, 0.1) is 13.8 Å². The summed E-state index contributed by atoms with van der Waals surface area (Å²) in [6.45, 7) is 8.91. The van der Waals surface area contributed by atoms with Crippen LogP contribution in [-0.4, -0.2) is 53.6 Å². The average molecular weight is 471 g/mol. The first-order valence-corrected chi connectivity index (χ1v) is 11.6. The van der Waals surface area contributed by atoms with Gasteiger partial charge >= 0.3 is 5.97 Å². The monoisotopic (exact) mass is 470 g/mol. The molecule has 2 rings (SSSR count). The van der Waals surface area contributed by atoms with Crippen LogP contribution >= 0.6 is 11.6 Å². The lowest BCUT2D eigenvalue weighted by Crippen LogP contribution is -2.31. The molecule has 1 aromatic carbocycles. The maximum Gasteiger partial charge on any atom is 0.342 e. The van der Waals surface area contributed by atoms with E-state index < -0.39 is 28.0 Å². The van der Waals surface area contributed by atoms with Crippen molar-refractivity contribution < 1.29 is 22.7 Å². The molecular formula is C20H27ClN4O5S. The number of carbonyl (C=O) groups is 2. The fourth-order valence-corrected chi connectivity index (χ4v) is 4.70. The summed E-state index contributed by atoms with van der Waals surface area (Å²) in [6, 6.07) is 4.06. The summed E-state index contributed by atoms with van der Waals surface area (Å²) in [7, 11) is -2.03. The lowest BCUT2D eigenvalue weighted by atomic mass is 10.2. The largest absolute Gasteiger partial charge is 0.449 e. The number of esters is 1. The number of hydrogen-bond donors (Lipinski definition) is 1. The summed E-state index contributed by atoms with van der Waals surface area (Å²) in [5.74, 6) is -1.32. The van der Waals surface area contributed by atoms with E-state index in [0.717, 1.165) is 0 Å². The molecule has 1 atom stereocenters. The van der Waals surface area contributed by atoms with Gasteiger partial charge < -0.3 is 10.1 Å². The minimum atomic E-state index is -3.73. The zero-order chi connectivity index (χ0) is 23.5. The van der Waals surface area contributed by atoms with Crippen molar-refractivity contribution in [2.24, 2.45) is 7.05 Å². The molecule has 0 aliphatic carbocycles. The van der Waals surface area contributed by atoms with Crippen LogP contribution in [0.15, 0.2) is 23.1 Å². The van der Waals surface area contributed by atoms with Crippen LogP contribution in [0.4, 0.5) is 5.69 Å². The number of nitrogens with zero attached hydrogens (tertiary/aromatic N) is 3. The molecule has 0 radical (unpaired) electrons. The minimum absolute atomic E-state index is 0.00200. The third-order valence-corrected chi connectivity index (χ3v) is 7.28. The second kappa shape index (κ2) is 9.80. The minimum Gasteiger partial charge on any atom is -0.449 e. The fraction of sp³-hybridized carbons (Fsp3) is 0.450. The number of hydrogen-bond acceptors (Lipinski definition) is 6. The SMILES string of the molecule is CCN(CC)S(=O)(=O)c1ccc(Cl)c(NC(=O)C(C)OC(=O)c2c(C)nn(C)c2C)c1. The number of amides is 1. The molecule has 1 heterocycles. The molecule has 0 aliphatic heterocycles. The van der Waals surface area contributed by atoms with Gasteiger partial charge in [0.1, 0.15) is 5.56 Å². The van der Waals surface area contributed by atoms with Gasteiger partial charge in [0.25, 0.3) is 5.91 Å². The highest BCUT2D eigenvalue weighted by atomic mass is 35.5. The van der Waals surface area contributed by atoms with Gasteiger partial charge in [0.15, 0.2) is 6.10 Å². The predicted molar refractivity (Wildman–Crippen MR) is 118 cm³/mol. The number of aryl methyl sites for hydroxylation is 2. The quantitative estimate of drug-likeness (QED) is 0.594. The molecule has 0 aliphatic rings. The van der Waals surface area contributed by atoms with Crippen molar-refractivity contribution in [3.05, 3.63) is 40.2 Å². The Bertz CT molecular complexity index is 1090. The first-order chi connectivity index (χ1) is 14.4. The first kappa shape index (κ1) is 24.8. The summed E-state index contributed by atoms with van der Waals surface area (Å²) in [4.78, 5) is 25.1. The number of rotatable bonds is 8.